The number of fused-ring (bicyclic) bond motifs is 1. The molecular weight excluding hydrogens is 188 g/mol. The molecule has 0 aromatic heterocycles. The summed E-state index contributed by atoms with van der Waals surface area (Å²) in [4.78, 5) is 13.4. The van der Waals surface area contributed by atoms with E-state index in [2.05, 4.69) is 4.90 Å². The van der Waals surface area contributed by atoms with E-state index in [-0.39, 0.29) is 11.9 Å². The number of carbonyl (C=O) groups is 1. The van der Waals surface area contributed by atoms with Crippen molar-refractivity contribution < 1.29 is 4.79 Å². The number of amides is 1. The fourth-order valence-corrected chi connectivity index (χ4v) is 3.07. The van der Waals surface area contributed by atoms with Crippen LogP contribution in [0.1, 0.15) is 45.4 Å². The van der Waals surface area contributed by atoms with Crippen molar-refractivity contribution in [1.29, 1.82) is 0 Å². The van der Waals surface area contributed by atoms with Crippen molar-refractivity contribution >= 4 is 5.91 Å². The van der Waals surface area contributed by atoms with Crippen LogP contribution in [0.3, 0.4) is 0 Å². The van der Waals surface area contributed by atoms with E-state index in [1.807, 2.05) is 6.92 Å². The molecule has 3 unspecified atom stereocenters. The molecular formula is C12H22N2O. The van der Waals surface area contributed by atoms with E-state index in [9.17, 15) is 4.79 Å². The number of hydrogen-bond acceptors (Lipinski definition) is 2. The van der Waals surface area contributed by atoms with Crippen molar-refractivity contribution in [3.05, 3.63) is 0 Å². The lowest BCUT2D eigenvalue weighted by Crippen LogP contribution is -2.62. The fraction of sp³-hybridized carbons (Fsp3) is 0.917. The number of likely N-dealkylation sites (tertiary alicyclic amines) is 1. The Morgan fingerprint density at radius 1 is 1.27 bits per heavy atom. The third-order valence-corrected chi connectivity index (χ3v) is 4.15. The highest BCUT2D eigenvalue weighted by Gasteiger charge is 2.41. The molecule has 3 heteroatoms. The molecule has 2 fully saturated rings. The zero-order valence-corrected chi connectivity index (χ0v) is 9.61. The molecule has 2 rings (SSSR count). The van der Waals surface area contributed by atoms with Crippen LogP contribution in [0.2, 0.25) is 0 Å². The number of nitrogens with two attached hydrogens (primary N) is 1. The second kappa shape index (κ2) is 4.52. The molecule has 0 radical (unpaired) electrons. The van der Waals surface area contributed by atoms with Crippen LogP contribution in [0, 0.1) is 5.92 Å². The van der Waals surface area contributed by atoms with Crippen molar-refractivity contribution in [1.82, 2.24) is 4.90 Å². The highest BCUT2D eigenvalue weighted by Crippen LogP contribution is 2.36. The zero-order valence-electron chi connectivity index (χ0n) is 9.61. The first-order valence-corrected chi connectivity index (χ1v) is 6.25. The predicted molar refractivity (Wildman–Crippen MR) is 60.3 cm³/mol. The minimum Gasteiger partial charge on any atom is -0.368 e. The Morgan fingerprint density at radius 3 is 2.60 bits per heavy atom. The molecule has 0 aromatic rings. The van der Waals surface area contributed by atoms with Crippen LogP contribution in [-0.2, 0) is 4.79 Å². The first-order valence-electron chi connectivity index (χ1n) is 6.25. The van der Waals surface area contributed by atoms with Gasteiger partial charge in [-0.05, 0) is 25.7 Å². The van der Waals surface area contributed by atoms with E-state index in [0.717, 1.165) is 12.5 Å². The second-order valence-corrected chi connectivity index (χ2v) is 5.09. The summed E-state index contributed by atoms with van der Waals surface area (Å²) in [7, 11) is 0. The van der Waals surface area contributed by atoms with Crippen molar-refractivity contribution in [2.75, 3.05) is 6.54 Å². The largest absolute Gasteiger partial charge is 0.368 e. The average Bonchev–Trinajstić information content (AvgIpc) is 2.16. The molecule has 0 spiro atoms. The van der Waals surface area contributed by atoms with E-state index in [1.54, 1.807) is 0 Å². The van der Waals surface area contributed by atoms with E-state index in [1.165, 1.54) is 38.5 Å². The number of nitrogens with zero attached hydrogens (tertiary/aromatic N) is 1. The second-order valence-electron chi connectivity index (χ2n) is 5.09. The van der Waals surface area contributed by atoms with Gasteiger partial charge in [0.1, 0.15) is 0 Å². The van der Waals surface area contributed by atoms with Crippen LogP contribution in [0.25, 0.3) is 0 Å². The maximum absolute atomic E-state index is 11.1. The summed E-state index contributed by atoms with van der Waals surface area (Å²) in [5.74, 6) is 0.669. The lowest BCUT2D eigenvalue weighted by atomic mass is 9.78. The predicted octanol–water partition coefficient (Wildman–Crippen LogP) is 1.51. The Balaban J connectivity index is 1.92. The van der Waals surface area contributed by atoms with Crippen LogP contribution in [0.4, 0.5) is 0 Å². The summed E-state index contributed by atoms with van der Waals surface area (Å²) < 4.78 is 0. The molecule has 0 aromatic carbocycles. The summed E-state index contributed by atoms with van der Waals surface area (Å²) in [5, 5.41) is 0. The molecule has 1 heterocycles. The van der Waals surface area contributed by atoms with E-state index < -0.39 is 0 Å². The Morgan fingerprint density at radius 2 is 1.93 bits per heavy atom. The molecule has 1 saturated heterocycles. The van der Waals surface area contributed by atoms with E-state index in [4.69, 9.17) is 5.73 Å². The Kier molecular flexibility index (Phi) is 3.29. The normalized spacial score (nSPS) is 34.5. The third-order valence-electron chi connectivity index (χ3n) is 4.15. The van der Waals surface area contributed by atoms with Gasteiger partial charge in [0.25, 0.3) is 0 Å². The topological polar surface area (TPSA) is 46.3 Å². The first-order chi connectivity index (χ1) is 7.20. The number of hydrogen-bond donors (Lipinski definition) is 1. The molecule has 3 nitrogen and oxygen atoms in total. The number of primary amides is 1. The van der Waals surface area contributed by atoms with Crippen molar-refractivity contribution in [2.24, 2.45) is 11.7 Å². The van der Waals surface area contributed by atoms with Gasteiger partial charge >= 0.3 is 0 Å². The monoisotopic (exact) mass is 210 g/mol. The van der Waals surface area contributed by atoms with E-state index in [0.29, 0.717) is 6.04 Å². The van der Waals surface area contributed by atoms with Gasteiger partial charge in [-0.1, -0.05) is 25.7 Å². The SMILES string of the molecule is CC(C(N)=O)N1CC2CCCCCCC21. The summed E-state index contributed by atoms with van der Waals surface area (Å²) in [6.07, 6.45) is 8.08. The van der Waals surface area contributed by atoms with Gasteiger partial charge in [-0.2, -0.15) is 0 Å². The average molecular weight is 210 g/mol. The molecule has 1 saturated carbocycles. The van der Waals surface area contributed by atoms with Crippen molar-refractivity contribution in [3.8, 4) is 0 Å². The van der Waals surface area contributed by atoms with Crippen LogP contribution in [0.5, 0.6) is 0 Å². The molecule has 1 aliphatic heterocycles. The highest BCUT2D eigenvalue weighted by atomic mass is 16.1. The van der Waals surface area contributed by atoms with Gasteiger partial charge in [0.2, 0.25) is 5.91 Å². The standard InChI is InChI=1S/C12H22N2O/c1-9(12(13)15)14-8-10-6-4-2-3-5-7-11(10)14/h9-11H,2-8H2,1H3,(H2,13,15). The maximum atomic E-state index is 11.1. The molecule has 3 atom stereocenters. The molecule has 2 N–H and O–H groups in total. The molecule has 2 aliphatic rings. The van der Waals surface area contributed by atoms with Crippen LogP contribution >= 0.6 is 0 Å². The highest BCUT2D eigenvalue weighted by molar-refractivity contribution is 5.79. The van der Waals surface area contributed by atoms with Gasteiger partial charge in [-0.3, -0.25) is 9.69 Å². The number of carbonyl (C=O) groups excluding carboxylic acids is 1. The van der Waals surface area contributed by atoms with Gasteiger partial charge in [-0.15, -0.1) is 0 Å². The lowest BCUT2D eigenvalue weighted by Gasteiger charge is -2.51. The van der Waals surface area contributed by atoms with Crippen molar-refractivity contribution in [2.45, 2.75) is 57.5 Å². The van der Waals surface area contributed by atoms with Gasteiger partial charge in [-0.25, -0.2) is 0 Å². The Bertz CT molecular complexity index is 242. The Hall–Kier alpha value is -0.570. The fourth-order valence-electron chi connectivity index (χ4n) is 3.07. The van der Waals surface area contributed by atoms with Crippen molar-refractivity contribution in [3.63, 3.8) is 0 Å². The van der Waals surface area contributed by atoms with Crippen LogP contribution < -0.4 is 5.73 Å². The minimum atomic E-state index is -0.171. The van der Waals surface area contributed by atoms with Gasteiger partial charge in [0.05, 0.1) is 6.04 Å². The van der Waals surface area contributed by atoms with Gasteiger partial charge in [0, 0.05) is 12.6 Å². The third kappa shape index (κ3) is 2.17. The molecule has 0 bridgehead atoms. The quantitative estimate of drug-likeness (QED) is 0.751. The summed E-state index contributed by atoms with van der Waals surface area (Å²) in [6.45, 7) is 3.03. The van der Waals surface area contributed by atoms with Gasteiger partial charge in [0.15, 0.2) is 0 Å². The molecule has 1 amide bonds. The summed E-state index contributed by atoms with van der Waals surface area (Å²) in [6, 6.07) is 0.582. The Labute approximate surface area is 92.0 Å². The summed E-state index contributed by atoms with van der Waals surface area (Å²) >= 11 is 0. The van der Waals surface area contributed by atoms with Crippen LogP contribution in [0.15, 0.2) is 0 Å². The summed E-state index contributed by atoms with van der Waals surface area (Å²) in [5.41, 5.74) is 5.36. The smallest absolute Gasteiger partial charge is 0.234 e. The molecule has 86 valence electrons. The first kappa shape index (κ1) is 10.9. The zero-order chi connectivity index (χ0) is 10.8. The minimum absolute atomic E-state index is 0.0642. The lowest BCUT2D eigenvalue weighted by molar-refractivity contribution is -0.129. The maximum Gasteiger partial charge on any atom is 0.234 e. The van der Waals surface area contributed by atoms with E-state index >= 15 is 0 Å². The molecule has 1 aliphatic carbocycles. The molecule has 15 heavy (non-hydrogen) atoms. The van der Waals surface area contributed by atoms with Crippen LogP contribution in [-0.4, -0.2) is 29.4 Å². The number of rotatable bonds is 2. The van der Waals surface area contributed by atoms with Gasteiger partial charge < -0.3 is 5.73 Å².